The Morgan fingerprint density at radius 1 is 1.13 bits per heavy atom. The molecular weight excluding hydrogens is 306 g/mol. The van der Waals surface area contributed by atoms with E-state index in [0.29, 0.717) is 11.8 Å². The topological polar surface area (TPSA) is 23.5 Å². The van der Waals surface area contributed by atoms with Gasteiger partial charge in [0.1, 0.15) is 0 Å². The van der Waals surface area contributed by atoms with Crippen LogP contribution >= 0.6 is 11.6 Å². The Morgan fingerprint density at radius 3 is 2.48 bits per heavy atom. The Morgan fingerprint density at radius 2 is 1.83 bits per heavy atom. The first-order chi connectivity index (χ1) is 11.1. The second kappa shape index (κ2) is 7.48. The van der Waals surface area contributed by atoms with Crippen molar-refractivity contribution in [1.82, 2.24) is 4.90 Å². The first-order valence-electron chi connectivity index (χ1n) is 8.33. The summed E-state index contributed by atoms with van der Waals surface area (Å²) >= 11 is 6.03. The fourth-order valence-electron chi connectivity index (χ4n) is 3.66. The van der Waals surface area contributed by atoms with Gasteiger partial charge in [0.2, 0.25) is 0 Å². The summed E-state index contributed by atoms with van der Waals surface area (Å²) in [6.45, 7) is 4.90. The Hall–Kier alpha value is -1.35. The van der Waals surface area contributed by atoms with Crippen LogP contribution in [0.2, 0.25) is 5.02 Å². The molecule has 1 heterocycles. The lowest BCUT2D eigenvalue weighted by Gasteiger charge is -2.40. The summed E-state index contributed by atoms with van der Waals surface area (Å²) in [5, 5.41) is 11.0. The van der Waals surface area contributed by atoms with Crippen LogP contribution < -0.4 is 0 Å². The van der Waals surface area contributed by atoms with E-state index >= 15 is 0 Å². The second-order valence-corrected chi connectivity index (χ2v) is 7.01. The molecule has 3 atom stereocenters. The molecular formula is C20H24ClNO. The molecule has 3 rings (SSSR count). The minimum Gasteiger partial charge on any atom is -0.393 e. The van der Waals surface area contributed by atoms with Crippen molar-refractivity contribution in [2.45, 2.75) is 31.9 Å². The molecule has 2 nitrogen and oxygen atoms in total. The van der Waals surface area contributed by atoms with Crippen LogP contribution in [0.25, 0.3) is 0 Å². The van der Waals surface area contributed by atoms with Gasteiger partial charge >= 0.3 is 0 Å². The monoisotopic (exact) mass is 329 g/mol. The molecule has 1 aliphatic rings. The van der Waals surface area contributed by atoms with Crippen LogP contribution in [0.1, 0.15) is 30.4 Å². The Balaban J connectivity index is 1.77. The summed E-state index contributed by atoms with van der Waals surface area (Å²) in [5.74, 6) is 0.660. The average molecular weight is 330 g/mol. The minimum absolute atomic E-state index is 0.283. The van der Waals surface area contributed by atoms with E-state index in [-0.39, 0.29) is 6.10 Å². The highest BCUT2D eigenvalue weighted by Crippen LogP contribution is 2.35. The lowest BCUT2D eigenvalue weighted by molar-refractivity contribution is 0.0520. The normalized spacial score (nSPS) is 23.6. The largest absolute Gasteiger partial charge is 0.393 e. The van der Waals surface area contributed by atoms with Gasteiger partial charge in [-0.1, -0.05) is 54.1 Å². The summed E-state index contributed by atoms with van der Waals surface area (Å²) in [5.41, 5.74) is 2.62. The van der Waals surface area contributed by atoms with Crippen molar-refractivity contribution in [2.24, 2.45) is 5.92 Å². The molecule has 0 aliphatic carbocycles. The smallest absolute Gasteiger partial charge is 0.0547 e. The fraction of sp³-hybridized carbons (Fsp3) is 0.400. The van der Waals surface area contributed by atoms with E-state index in [4.69, 9.17) is 11.6 Å². The third kappa shape index (κ3) is 4.14. The van der Waals surface area contributed by atoms with Crippen LogP contribution in [-0.4, -0.2) is 29.2 Å². The predicted octanol–water partition coefficient (Wildman–Crippen LogP) is 4.33. The van der Waals surface area contributed by atoms with E-state index < -0.39 is 0 Å². The maximum absolute atomic E-state index is 10.2. The molecule has 0 saturated carbocycles. The molecule has 3 heteroatoms. The van der Waals surface area contributed by atoms with Gasteiger partial charge in [0.15, 0.2) is 0 Å². The summed E-state index contributed by atoms with van der Waals surface area (Å²) in [7, 11) is 0. The van der Waals surface area contributed by atoms with Crippen LogP contribution in [0.3, 0.4) is 0 Å². The third-order valence-corrected chi connectivity index (χ3v) is 5.17. The molecule has 122 valence electrons. The molecule has 0 radical (unpaired) electrons. The van der Waals surface area contributed by atoms with Crippen LogP contribution in [0, 0.1) is 5.92 Å². The highest BCUT2D eigenvalue weighted by molar-refractivity contribution is 6.30. The van der Waals surface area contributed by atoms with E-state index in [0.717, 1.165) is 31.1 Å². The summed E-state index contributed by atoms with van der Waals surface area (Å²) in [6, 6.07) is 18.7. The predicted molar refractivity (Wildman–Crippen MR) is 95.7 cm³/mol. The molecule has 1 saturated heterocycles. The summed E-state index contributed by atoms with van der Waals surface area (Å²) < 4.78 is 0. The fourth-order valence-corrected chi connectivity index (χ4v) is 3.79. The van der Waals surface area contributed by atoms with Crippen molar-refractivity contribution < 1.29 is 5.11 Å². The van der Waals surface area contributed by atoms with Gasteiger partial charge in [-0.15, -0.1) is 0 Å². The van der Waals surface area contributed by atoms with Crippen molar-refractivity contribution in [1.29, 1.82) is 0 Å². The van der Waals surface area contributed by atoms with Crippen molar-refractivity contribution in [3.63, 3.8) is 0 Å². The molecule has 0 bridgehead atoms. The Bertz CT molecular complexity index is 611. The van der Waals surface area contributed by atoms with Crippen molar-refractivity contribution in [2.75, 3.05) is 13.1 Å². The number of aliphatic hydroxyl groups is 1. The van der Waals surface area contributed by atoms with Crippen LogP contribution in [-0.2, 0) is 6.54 Å². The van der Waals surface area contributed by atoms with E-state index in [2.05, 4.69) is 47.4 Å². The first-order valence-corrected chi connectivity index (χ1v) is 8.71. The zero-order chi connectivity index (χ0) is 16.2. The van der Waals surface area contributed by atoms with Gasteiger partial charge in [-0.25, -0.2) is 0 Å². The van der Waals surface area contributed by atoms with Gasteiger partial charge in [0.05, 0.1) is 6.10 Å². The van der Waals surface area contributed by atoms with Gasteiger partial charge in [-0.05, 0) is 49.1 Å². The molecule has 0 spiro atoms. The maximum Gasteiger partial charge on any atom is 0.0547 e. The molecule has 0 aromatic heterocycles. The Kier molecular flexibility index (Phi) is 5.37. The van der Waals surface area contributed by atoms with Gasteiger partial charge in [-0.3, -0.25) is 4.90 Å². The molecule has 1 aliphatic heterocycles. The van der Waals surface area contributed by atoms with Gasteiger partial charge < -0.3 is 5.11 Å². The molecule has 0 amide bonds. The number of piperidine rings is 1. The quantitative estimate of drug-likeness (QED) is 0.902. The van der Waals surface area contributed by atoms with Crippen LogP contribution in [0.5, 0.6) is 0 Å². The molecule has 1 N–H and O–H groups in total. The SMILES string of the molecule is C[C@@H](O)[C@@H]1CCN(Cc2ccccc2)C[C@H]1c1ccc(Cl)cc1. The number of rotatable bonds is 4. The Labute approximate surface area is 143 Å². The van der Waals surface area contributed by atoms with Crippen molar-refractivity contribution in [3.05, 3.63) is 70.7 Å². The van der Waals surface area contributed by atoms with Crippen molar-refractivity contribution >= 4 is 11.6 Å². The number of nitrogens with zero attached hydrogens (tertiary/aromatic N) is 1. The lowest BCUT2D eigenvalue weighted by atomic mass is 9.78. The standard InChI is InChI=1S/C20H24ClNO/c1-15(23)19-11-12-22(13-16-5-3-2-4-6-16)14-20(19)17-7-9-18(21)10-8-17/h2-10,15,19-20,23H,11-14H2,1H3/t15-,19+,20+/m1/s1. The van der Waals surface area contributed by atoms with Gasteiger partial charge in [0.25, 0.3) is 0 Å². The van der Waals surface area contributed by atoms with Gasteiger partial charge in [0, 0.05) is 24.0 Å². The zero-order valence-electron chi connectivity index (χ0n) is 13.5. The van der Waals surface area contributed by atoms with Crippen molar-refractivity contribution in [3.8, 4) is 0 Å². The molecule has 2 aromatic carbocycles. The molecule has 0 unspecified atom stereocenters. The van der Waals surface area contributed by atoms with E-state index in [1.54, 1.807) is 0 Å². The highest BCUT2D eigenvalue weighted by Gasteiger charge is 2.33. The second-order valence-electron chi connectivity index (χ2n) is 6.57. The number of halogens is 1. The van der Waals surface area contributed by atoms with Crippen LogP contribution in [0.15, 0.2) is 54.6 Å². The first kappa shape index (κ1) is 16.5. The number of likely N-dealkylation sites (tertiary alicyclic amines) is 1. The molecule has 1 fully saturated rings. The minimum atomic E-state index is -0.283. The van der Waals surface area contributed by atoms with E-state index in [9.17, 15) is 5.11 Å². The third-order valence-electron chi connectivity index (χ3n) is 4.92. The summed E-state index contributed by atoms with van der Waals surface area (Å²) in [6.07, 6.45) is 0.743. The van der Waals surface area contributed by atoms with E-state index in [1.165, 1.54) is 11.1 Å². The highest BCUT2D eigenvalue weighted by atomic mass is 35.5. The maximum atomic E-state index is 10.2. The van der Waals surface area contributed by atoms with Crippen LogP contribution in [0.4, 0.5) is 0 Å². The number of hydrogen-bond acceptors (Lipinski definition) is 2. The molecule has 2 aromatic rings. The number of hydrogen-bond donors (Lipinski definition) is 1. The summed E-state index contributed by atoms with van der Waals surface area (Å²) in [4.78, 5) is 2.49. The lowest BCUT2D eigenvalue weighted by Crippen LogP contribution is -2.42. The van der Waals surface area contributed by atoms with E-state index in [1.807, 2.05) is 19.1 Å². The zero-order valence-corrected chi connectivity index (χ0v) is 14.3. The van der Waals surface area contributed by atoms with Gasteiger partial charge in [-0.2, -0.15) is 0 Å². The number of aliphatic hydroxyl groups excluding tert-OH is 1. The average Bonchev–Trinajstić information content (AvgIpc) is 2.56. The molecule has 23 heavy (non-hydrogen) atoms. The number of benzene rings is 2.